The molecule has 0 bridgehead atoms. The van der Waals surface area contributed by atoms with Crippen LogP contribution in [0.3, 0.4) is 0 Å². The summed E-state index contributed by atoms with van der Waals surface area (Å²) in [5.41, 5.74) is 6.74. The van der Waals surface area contributed by atoms with Crippen molar-refractivity contribution in [2.24, 2.45) is 11.7 Å². The Bertz CT molecular complexity index is 329. The van der Waals surface area contributed by atoms with E-state index in [1.165, 1.54) is 12.8 Å². The fourth-order valence-electron chi connectivity index (χ4n) is 2.43. The van der Waals surface area contributed by atoms with Crippen LogP contribution in [0.1, 0.15) is 30.9 Å². The first kappa shape index (κ1) is 10.4. The Morgan fingerprint density at radius 3 is 2.93 bits per heavy atom. The molecule has 1 heterocycles. The van der Waals surface area contributed by atoms with E-state index in [0.29, 0.717) is 17.7 Å². The molecule has 1 saturated carbocycles. The number of ether oxygens (including phenoxy) is 1. The molecule has 2 unspecified atom stereocenters. The van der Waals surface area contributed by atoms with Crippen LogP contribution in [0.15, 0.2) is 12.4 Å². The lowest BCUT2D eigenvalue weighted by Crippen LogP contribution is -2.18. The minimum atomic E-state index is 0.429. The van der Waals surface area contributed by atoms with Gasteiger partial charge in [0.05, 0.1) is 7.11 Å². The van der Waals surface area contributed by atoms with E-state index in [9.17, 15) is 0 Å². The quantitative estimate of drug-likeness (QED) is 0.812. The average molecular weight is 207 g/mol. The van der Waals surface area contributed by atoms with Crippen molar-refractivity contribution in [3.8, 4) is 5.88 Å². The Kier molecular flexibility index (Phi) is 3.16. The van der Waals surface area contributed by atoms with Crippen LogP contribution in [-0.2, 0) is 0 Å². The molecule has 1 aromatic rings. The Labute approximate surface area is 89.9 Å². The van der Waals surface area contributed by atoms with Gasteiger partial charge in [-0.3, -0.25) is 4.98 Å². The summed E-state index contributed by atoms with van der Waals surface area (Å²) in [6, 6.07) is 0. The third kappa shape index (κ3) is 1.95. The summed E-state index contributed by atoms with van der Waals surface area (Å²) in [6.07, 6.45) is 6.96. The largest absolute Gasteiger partial charge is 0.480 e. The molecule has 2 rings (SSSR count). The number of hydrogen-bond acceptors (Lipinski definition) is 4. The summed E-state index contributed by atoms with van der Waals surface area (Å²) >= 11 is 0. The van der Waals surface area contributed by atoms with Crippen LogP contribution in [0.5, 0.6) is 5.88 Å². The van der Waals surface area contributed by atoms with E-state index in [2.05, 4.69) is 9.97 Å². The van der Waals surface area contributed by atoms with Crippen LogP contribution in [0.2, 0.25) is 0 Å². The first-order chi connectivity index (χ1) is 7.36. The van der Waals surface area contributed by atoms with Gasteiger partial charge in [0, 0.05) is 18.3 Å². The van der Waals surface area contributed by atoms with E-state index in [-0.39, 0.29) is 0 Å². The van der Waals surface area contributed by atoms with E-state index in [0.717, 1.165) is 18.7 Å². The SMILES string of the molecule is COc1nccnc1C1CCCC1CN. The predicted octanol–water partition coefficient (Wildman–Crippen LogP) is 1.33. The number of nitrogens with zero attached hydrogens (tertiary/aromatic N) is 2. The molecule has 1 aliphatic rings. The fourth-order valence-corrected chi connectivity index (χ4v) is 2.43. The Balaban J connectivity index is 2.27. The molecule has 15 heavy (non-hydrogen) atoms. The Morgan fingerprint density at radius 2 is 2.20 bits per heavy atom. The summed E-state index contributed by atoms with van der Waals surface area (Å²) in [7, 11) is 1.64. The third-order valence-electron chi connectivity index (χ3n) is 3.20. The van der Waals surface area contributed by atoms with E-state index in [4.69, 9.17) is 10.5 Å². The van der Waals surface area contributed by atoms with Gasteiger partial charge in [0.2, 0.25) is 5.88 Å². The van der Waals surface area contributed by atoms with Gasteiger partial charge in [-0.25, -0.2) is 4.98 Å². The van der Waals surface area contributed by atoms with Crippen molar-refractivity contribution >= 4 is 0 Å². The van der Waals surface area contributed by atoms with Gasteiger partial charge in [0.1, 0.15) is 5.69 Å². The third-order valence-corrected chi connectivity index (χ3v) is 3.20. The topological polar surface area (TPSA) is 61.0 Å². The summed E-state index contributed by atoms with van der Waals surface area (Å²) in [5.74, 6) is 1.62. The van der Waals surface area contributed by atoms with Gasteiger partial charge in [-0.15, -0.1) is 0 Å². The highest BCUT2D eigenvalue weighted by atomic mass is 16.5. The summed E-state index contributed by atoms with van der Waals surface area (Å²) < 4.78 is 5.24. The van der Waals surface area contributed by atoms with Crippen molar-refractivity contribution < 1.29 is 4.74 Å². The minimum absolute atomic E-state index is 0.429. The van der Waals surface area contributed by atoms with Crippen LogP contribution >= 0.6 is 0 Å². The summed E-state index contributed by atoms with van der Waals surface area (Å²) in [6.45, 7) is 0.727. The first-order valence-corrected chi connectivity index (χ1v) is 5.41. The molecule has 4 nitrogen and oxygen atoms in total. The minimum Gasteiger partial charge on any atom is -0.480 e. The van der Waals surface area contributed by atoms with Crippen LogP contribution in [0.4, 0.5) is 0 Å². The van der Waals surface area contributed by atoms with Gasteiger partial charge >= 0.3 is 0 Å². The lowest BCUT2D eigenvalue weighted by atomic mass is 9.93. The predicted molar refractivity (Wildman–Crippen MR) is 57.7 cm³/mol. The van der Waals surface area contributed by atoms with Gasteiger partial charge in [0.15, 0.2) is 0 Å². The maximum atomic E-state index is 5.76. The lowest BCUT2D eigenvalue weighted by molar-refractivity contribution is 0.374. The number of aromatic nitrogens is 2. The van der Waals surface area contributed by atoms with Gasteiger partial charge < -0.3 is 10.5 Å². The number of hydrogen-bond donors (Lipinski definition) is 1. The summed E-state index contributed by atoms with van der Waals surface area (Å²) in [4.78, 5) is 8.57. The molecular weight excluding hydrogens is 190 g/mol. The highest BCUT2D eigenvalue weighted by Crippen LogP contribution is 2.40. The maximum absolute atomic E-state index is 5.76. The standard InChI is InChI=1S/C11H17N3O/c1-15-11-10(13-5-6-14-11)9-4-2-3-8(9)7-12/h5-6,8-9H,2-4,7,12H2,1H3. The molecule has 1 fully saturated rings. The number of rotatable bonds is 3. The molecule has 1 aromatic heterocycles. The average Bonchev–Trinajstić information content (AvgIpc) is 2.76. The molecule has 0 amide bonds. The molecule has 0 saturated heterocycles. The fraction of sp³-hybridized carbons (Fsp3) is 0.636. The molecule has 0 aromatic carbocycles. The van der Waals surface area contributed by atoms with Gasteiger partial charge in [0.25, 0.3) is 0 Å². The van der Waals surface area contributed by atoms with Crippen molar-refractivity contribution in [1.82, 2.24) is 9.97 Å². The number of nitrogens with two attached hydrogens (primary N) is 1. The van der Waals surface area contributed by atoms with Gasteiger partial charge in [-0.1, -0.05) is 6.42 Å². The van der Waals surface area contributed by atoms with Crippen LogP contribution < -0.4 is 10.5 Å². The molecule has 0 radical (unpaired) electrons. The Hall–Kier alpha value is -1.16. The molecule has 2 atom stereocenters. The first-order valence-electron chi connectivity index (χ1n) is 5.41. The smallest absolute Gasteiger partial charge is 0.235 e. The van der Waals surface area contributed by atoms with E-state index < -0.39 is 0 Å². The molecule has 0 aliphatic heterocycles. The summed E-state index contributed by atoms with van der Waals surface area (Å²) in [5, 5.41) is 0. The molecule has 82 valence electrons. The normalized spacial score (nSPS) is 25.5. The highest BCUT2D eigenvalue weighted by molar-refractivity contribution is 5.23. The second kappa shape index (κ2) is 4.57. The van der Waals surface area contributed by atoms with Gasteiger partial charge in [-0.05, 0) is 25.3 Å². The highest BCUT2D eigenvalue weighted by Gasteiger charge is 2.31. The molecule has 0 spiro atoms. The molecular formula is C11H17N3O. The zero-order valence-corrected chi connectivity index (χ0v) is 9.02. The van der Waals surface area contributed by atoms with Crippen molar-refractivity contribution in [2.75, 3.05) is 13.7 Å². The maximum Gasteiger partial charge on any atom is 0.235 e. The molecule has 2 N–H and O–H groups in total. The number of methoxy groups -OCH3 is 1. The van der Waals surface area contributed by atoms with Crippen LogP contribution in [0.25, 0.3) is 0 Å². The zero-order valence-electron chi connectivity index (χ0n) is 9.02. The van der Waals surface area contributed by atoms with Crippen molar-refractivity contribution in [3.63, 3.8) is 0 Å². The van der Waals surface area contributed by atoms with Crippen LogP contribution in [-0.4, -0.2) is 23.6 Å². The van der Waals surface area contributed by atoms with Crippen LogP contribution in [0, 0.1) is 5.92 Å². The van der Waals surface area contributed by atoms with E-state index >= 15 is 0 Å². The lowest BCUT2D eigenvalue weighted by Gasteiger charge is -2.18. The molecule has 1 aliphatic carbocycles. The van der Waals surface area contributed by atoms with Crippen molar-refractivity contribution in [3.05, 3.63) is 18.1 Å². The second-order valence-corrected chi connectivity index (χ2v) is 3.98. The van der Waals surface area contributed by atoms with Crippen molar-refractivity contribution in [1.29, 1.82) is 0 Å². The zero-order chi connectivity index (χ0) is 10.7. The van der Waals surface area contributed by atoms with E-state index in [1.807, 2.05) is 0 Å². The van der Waals surface area contributed by atoms with E-state index in [1.54, 1.807) is 19.5 Å². The van der Waals surface area contributed by atoms with Gasteiger partial charge in [-0.2, -0.15) is 0 Å². The van der Waals surface area contributed by atoms with Crippen molar-refractivity contribution in [2.45, 2.75) is 25.2 Å². The monoisotopic (exact) mass is 207 g/mol. The second-order valence-electron chi connectivity index (χ2n) is 3.98. The molecule has 4 heteroatoms. The Morgan fingerprint density at radius 1 is 1.40 bits per heavy atom.